The van der Waals surface area contributed by atoms with Crippen LogP contribution in [0, 0.1) is 0 Å². The summed E-state index contributed by atoms with van der Waals surface area (Å²) in [5, 5.41) is 0.896. The van der Waals surface area contributed by atoms with Crippen LogP contribution in [0.1, 0.15) is 39.3 Å². The van der Waals surface area contributed by atoms with E-state index in [1.807, 2.05) is 32.0 Å². The minimum absolute atomic E-state index is 0.218. The third kappa shape index (κ3) is 4.71. The molecule has 0 aliphatic rings. The second-order valence-electron chi connectivity index (χ2n) is 7.02. The van der Waals surface area contributed by atoms with Gasteiger partial charge in [0.2, 0.25) is 10.0 Å². The van der Waals surface area contributed by atoms with Gasteiger partial charge in [-0.3, -0.25) is 0 Å². The molecule has 0 fully saturated rings. The van der Waals surface area contributed by atoms with Crippen LogP contribution in [0.2, 0.25) is 0 Å². The Morgan fingerprint density at radius 3 is 2.48 bits per heavy atom. The van der Waals surface area contributed by atoms with Crippen molar-refractivity contribution in [2.75, 3.05) is 13.1 Å². The molecule has 0 saturated carbocycles. The molecule has 0 bridgehead atoms. The zero-order valence-corrected chi connectivity index (χ0v) is 20.3. The molecular weight excluding hydrogens is 470 g/mol. The van der Waals surface area contributed by atoms with Crippen molar-refractivity contribution in [3.8, 4) is 0 Å². The average Bonchev–Trinajstić information content (AvgIpc) is 3.05. The third-order valence-electron chi connectivity index (χ3n) is 4.75. The van der Waals surface area contributed by atoms with Crippen molar-refractivity contribution < 1.29 is 8.42 Å². The number of benzene rings is 2. The first-order valence-corrected chi connectivity index (χ1v) is 12.9. The van der Waals surface area contributed by atoms with Crippen LogP contribution in [0.3, 0.4) is 0 Å². The maximum atomic E-state index is 12.9. The van der Waals surface area contributed by atoms with Crippen molar-refractivity contribution in [2.24, 2.45) is 0 Å². The van der Waals surface area contributed by atoms with Gasteiger partial charge in [0.05, 0.1) is 15.9 Å². The van der Waals surface area contributed by atoms with Gasteiger partial charge >= 0.3 is 0 Å². The Kier molecular flexibility index (Phi) is 7.09. The van der Waals surface area contributed by atoms with Crippen molar-refractivity contribution in [3.05, 3.63) is 52.5 Å². The molecule has 0 unspecified atom stereocenters. The molecule has 3 aromatic rings. The Balaban J connectivity index is 1.99. The van der Waals surface area contributed by atoms with Gasteiger partial charge in [-0.05, 0) is 49.7 Å². The Hall–Kier alpha value is -1.35. The lowest BCUT2D eigenvalue weighted by molar-refractivity contribution is 0.445. The molecule has 1 heterocycles. The predicted molar refractivity (Wildman–Crippen MR) is 124 cm³/mol. The Morgan fingerprint density at radius 1 is 1.14 bits per heavy atom. The van der Waals surface area contributed by atoms with E-state index in [-0.39, 0.29) is 6.04 Å². The zero-order valence-electron chi connectivity index (χ0n) is 17.1. The molecule has 29 heavy (non-hydrogen) atoms. The second kappa shape index (κ2) is 9.20. The van der Waals surface area contributed by atoms with E-state index < -0.39 is 10.0 Å². The number of nitrogens with zero attached hydrogens (tertiary/aromatic N) is 3. The van der Waals surface area contributed by atoms with Gasteiger partial charge in [0, 0.05) is 29.4 Å². The Bertz CT molecular complexity index is 1110. The molecule has 8 heteroatoms. The highest BCUT2D eigenvalue weighted by Crippen LogP contribution is 2.32. The highest BCUT2D eigenvalue weighted by molar-refractivity contribution is 9.10. The number of imidazole rings is 1. The zero-order chi connectivity index (χ0) is 21.2. The largest absolute Gasteiger partial charge is 0.316 e. The average molecular weight is 496 g/mol. The number of hydrogen-bond acceptors (Lipinski definition) is 4. The number of hydrogen-bond donors (Lipinski definition) is 0. The summed E-state index contributed by atoms with van der Waals surface area (Å²) >= 11 is 5.18. The van der Waals surface area contributed by atoms with Gasteiger partial charge < -0.3 is 4.57 Å². The molecule has 0 spiro atoms. The van der Waals surface area contributed by atoms with E-state index in [1.54, 1.807) is 23.9 Å². The fraction of sp³-hybridized carbons (Fsp3) is 0.381. The molecule has 0 saturated heterocycles. The second-order valence-corrected chi connectivity index (χ2v) is 10.8. The van der Waals surface area contributed by atoms with Crippen molar-refractivity contribution in [3.63, 3.8) is 0 Å². The molecular formula is C21H26BrN3O2S2. The van der Waals surface area contributed by atoms with Crippen LogP contribution < -0.4 is 0 Å². The molecule has 2 aromatic carbocycles. The maximum Gasteiger partial charge on any atom is 0.243 e. The quantitative estimate of drug-likeness (QED) is 0.376. The van der Waals surface area contributed by atoms with E-state index in [0.29, 0.717) is 23.5 Å². The summed E-state index contributed by atoms with van der Waals surface area (Å²) in [6.07, 6.45) is 0. The smallest absolute Gasteiger partial charge is 0.243 e. The summed E-state index contributed by atoms with van der Waals surface area (Å²) in [5.74, 6) is 0.792. The summed E-state index contributed by atoms with van der Waals surface area (Å²) in [6, 6.07) is 13.7. The summed E-state index contributed by atoms with van der Waals surface area (Å²) in [6.45, 7) is 8.83. The van der Waals surface area contributed by atoms with Crippen molar-refractivity contribution >= 4 is 48.7 Å². The number of sulfonamides is 1. The minimum Gasteiger partial charge on any atom is -0.316 e. The predicted octanol–water partition coefficient (Wildman–Crippen LogP) is 5.70. The summed E-state index contributed by atoms with van der Waals surface area (Å²) < 4.78 is 30.5. The van der Waals surface area contributed by atoms with E-state index in [1.165, 1.54) is 9.87 Å². The van der Waals surface area contributed by atoms with E-state index in [4.69, 9.17) is 4.98 Å². The number of thioether (sulfide) groups is 1. The monoisotopic (exact) mass is 495 g/mol. The first-order valence-electron chi connectivity index (χ1n) is 9.67. The summed E-state index contributed by atoms with van der Waals surface area (Å²) in [4.78, 5) is 5.08. The molecule has 0 radical (unpaired) electrons. The fourth-order valence-electron chi connectivity index (χ4n) is 3.31. The molecule has 1 aromatic heterocycles. The third-order valence-corrected chi connectivity index (χ3v) is 8.31. The van der Waals surface area contributed by atoms with Crippen molar-refractivity contribution in [2.45, 2.75) is 49.5 Å². The number of aromatic nitrogens is 2. The highest BCUT2D eigenvalue weighted by atomic mass is 79.9. The van der Waals surface area contributed by atoms with Crippen molar-refractivity contribution in [1.29, 1.82) is 0 Å². The lowest BCUT2D eigenvalue weighted by Crippen LogP contribution is -2.30. The number of fused-ring (bicyclic) bond motifs is 1. The first kappa shape index (κ1) is 22.3. The van der Waals surface area contributed by atoms with Gasteiger partial charge in [-0.15, -0.1) is 0 Å². The van der Waals surface area contributed by atoms with Gasteiger partial charge in [0.15, 0.2) is 5.16 Å². The van der Waals surface area contributed by atoms with E-state index in [9.17, 15) is 8.42 Å². The fourth-order valence-corrected chi connectivity index (χ4v) is 6.32. The minimum atomic E-state index is -3.50. The molecule has 5 nitrogen and oxygen atoms in total. The summed E-state index contributed by atoms with van der Waals surface area (Å²) in [5.41, 5.74) is 2.87. The SMILES string of the molecule is CCN(CC)S(=O)(=O)c1ccc2c(c1)nc(SCc1cccc(Br)c1)n2C(C)C. The van der Waals surface area contributed by atoms with Gasteiger partial charge in [0.25, 0.3) is 0 Å². The van der Waals surface area contributed by atoms with Crippen LogP contribution >= 0.6 is 27.7 Å². The summed E-state index contributed by atoms with van der Waals surface area (Å²) in [7, 11) is -3.50. The van der Waals surface area contributed by atoms with Crippen LogP contribution in [0.25, 0.3) is 11.0 Å². The van der Waals surface area contributed by atoms with E-state index >= 15 is 0 Å². The Morgan fingerprint density at radius 2 is 1.86 bits per heavy atom. The lowest BCUT2D eigenvalue weighted by Gasteiger charge is -2.18. The molecule has 156 valence electrons. The normalized spacial score (nSPS) is 12.4. The van der Waals surface area contributed by atoms with Gasteiger partial charge in [0.1, 0.15) is 0 Å². The highest BCUT2D eigenvalue weighted by Gasteiger charge is 2.23. The van der Waals surface area contributed by atoms with Gasteiger partial charge in [-0.1, -0.05) is 53.7 Å². The van der Waals surface area contributed by atoms with E-state index in [2.05, 4.69) is 46.5 Å². The standard InChI is InChI=1S/C21H26BrN3O2S2/c1-5-24(6-2)29(26,27)18-10-11-20-19(13-18)23-21(25(20)15(3)4)28-14-16-8-7-9-17(22)12-16/h7-13,15H,5-6,14H2,1-4H3. The maximum absolute atomic E-state index is 12.9. The molecule has 0 atom stereocenters. The van der Waals surface area contributed by atoms with Crippen LogP contribution in [0.5, 0.6) is 0 Å². The van der Waals surface area contributed by atoms with Crippen LogP contribution in [-0.4, -0.2) is 35.4 Å². The lowest BCUT2D eigenvalue weighted by atomic mass is 10.2. The number of halogens is 1. The molecule has 3 rings (SSSR count). The van der Waals surface area contributed by atoms with Crippen LogP contribution in [0.4, 0.5) is 0 Å². The molecule has 0 aliphatic heterocycles. The topological polar surface area (TPSA) is 55.2 Å². The van der Waals surface area contributed by atoms with Crippen molar-refractivity contribution in [1.82, 2.24) is 13.9 Å². The van der Waals surface area contributed by atoms with Crippen LogP contribution in [-0.2, 0) is 15.8 Å². The first-order chi connectivity index (χ1) is 13.8. The molecule has 0 N–H and O–H groups in total. The Labute approximate surface area is 185 Å². The van der Waals surface area contributed by atoms with Gasteiger partial charge in [-0.25, -0.2) is 13.4 Å². The van der Waals surface area contributed by atoms with Crippen LogP contribution in [0.15, 0.2) is 57.0 Å². The van der Waals surface area contributed by atoms with E-state index in [0.717, 1.165) is 20.9 Å². The van der Waals surface area contributed by atoms with Gasteiger partial charge in [-0.2, -0.15) is 4.31 Å². The molecule has 0 amide bonds. The molecule has 0 aliphatic carbocycles. The number of rotatable bonds is 8.